The molecule has 0 aliphatic carbocycles. The number of aldehydes is 1. The summed E-state index contributed by atoms with van der Waals surface area (Å²) >= 11 is 1.68. The van der Waals surface area contributed by atoms with Gasteiger partial charge in [0.2, 0.25) is 0 Å². The first-order chi connectivity index (χ1) is 6.88. The molecule has 2 heterocycles. The SMILES string of the molecule is O=Cc1ccc(C=Cc2cccs2)[nH]1. The van der Waals surface area contributed by atoms with Gasteiger partial charge < -0.3 is 4.98 Å². The summed E-state index contributed by atoms with van der Waals surface area (Å²) in [4.78, 5) is 14.6. The third kappa shape index (κ3) is 2.00. The Bertz CT molecular complexity index is 440. The van der Waals surface area contributed by atoms with Gasteiger partial charge in [-0.3, -0.25) is 4.79 Å². The Morgan fingerprint density at radius 3 is 2.64 bits per heavy atom. The van der Waals surface area contributed by atoms with Gasteiger partial charge in [0.15, 0.2) is 6.29 Å². The van der Waals surface area contributed by atoms with Crippen LogP contribution in [0.5, 0.6) is 0 Å². The van der Waals surface area contributed by atoms with Crippen LogP contribution in [0.1, 0.15) is 21.1 Å². The van der Waals surface area contributed by atoms with Crippen molar-refractivity contribution in [2.45, 2.75) is 0 Å². The van der Waals surface area contributed by atoms with Crippen LogP contribution in [0.2, 0.25) is 0 Å². The molecule has 2 aromatic heterocycles. The lowest BCUT2D eigenvalue weighted by atomic mass is 10.3. The lowest BCUT2D eigenvalue weighted by Crippen LogP contribution is -1.77. The van der Waals surface area contributed by atoms with E-state index in [9.17, 15) is 4.79 Å². The van der Waals surface area contributed by atoms with Crippen LogP contribution >= 0.6 is 11.3 Å². The smallest absolute Gasteiger partial charge is 0.166 e. The number of carbonyl (C=O) groups excluding carboxylic acids is 1. The maximum atomic E-state index is 10.4. The highest BCUT2D eigenvalue weighted by molar-refractivity contribution is 7.10. The number of nitrogens with one attached hydrogen (secondary N) is 1. The summed E-state index contributed by atoms with van der Waals surface area (Å²) < 4.78 is 0. The molecule has 0 fully saturated rings. The Kier molecular flexibility index (Phi) is 2.60. The maximum Gasteiger partial charge on any atom is 0.166 e. The molecule has 0 unspecified atom stereocenters. The van der Waals surface area contributed by atoms with Crippen LogP contribution in [0.4, 0.5) is 0 Å². The Labute approximate surface area is 85.9 Å². The molecule has 0 amide bonds. The molecule has 0 saturated heterocycles. The van der Waals surface area contributed by atoms with Gasteiger partial charge in [-0.15, -0.1) is 11.3 Å². The molecule has 2 nitrogen and oxygen atoms in total. The summed E-state index contributed by atoms with van der Waals surface area (Å²) in [6.07, 6.45) is 4.78. The molecule has 0 atom stereocenters. The van der Waals surface area contributed by atoms with Crippen molar-refractivity contribution < 1.29 is 4.79 Å². The predicted molar refractivity (Wildman–Crippen MR) is 59.4 cm³/mol. The first-order valence-electron chi connectivity index (χ1n) is 4.24. The zero-order valence-corrected chi connectivity index (χ0v) is 8.25. The normalized spacial score (nSPS) is 10.9. The first kappa shape index (κ1) is 8.97. The fourth-order valence-electron chi connectivity index (χ4n) is 1.15. The van der Waals surface area contributed by atoms with Gasteiger partial charge in [0, 0.05) is 10.6 Å². The summed E-state index contributed by atoms with van der Waals surface area (Å²) in [5.74, 6) is 0. The third-order valence-corrected chi connectivity index (χ3v) is 2.67. The molecule has 3 heteroatoms. The summed E-state index contributed by atoms with van der Waals surface area (Å²) in [7, 11) is 0. The largest absolute Gasteiger partial charge is 0.353 e. The number of aromatic amines is 1. The Hall–Kier alpha value is -1.61. The van der Waals surface area contributed by atoms with Crippen molar-refractivity contribution in [1.29, 1.82) is 0 Å². The van der Waals surface area contributed by atoms with Crippen LogP contribution in [0, 0.1) is 0 Å². The number of rotatable bonds is 3. The van der Waals surface area contributed by atoms with Gasteiger partial charge in [-0.1, -0.05) is 6.07 Å². The zero-order chi connectivity index (χ0) is 9.80. The molecule has 0 aromatic carbocycles. The lowest BCUT2D eigenvalue weighted by Gasteiger charge is -1.85. The van der Waals surface area contributed by atoms with Crippen molar-refractivity contribution in [1.82, 2.24) is 4.98 Å². The molecule has 0 saturated carbocycles. The van der Waals surface area contributed by atoms with E-state index in [0.29, 0.717) is 5.69 Å². The van der Waals surface area contributed by atoms with Gasteiger partial charge in [-0.05, 0) is 35.7 Å². The minimum Gasteiger partial charge on any atom is -0.353 e. The second-order valence-electron chi connectivity index (χ2n) is 2.84. The van der Waals surface area contributed by atoms with E-state index in [2.05, 4.69) is 4.98 Å². The molecule has 0 aliphatic rings. The molecule has 14 heavy (non-hydrogen) atoms. The fourth-order valence-corrected chi connectivity index (χ4v) is 1.77. The van der Waals surface area contributed by atoms with Crippen LogP contribution in [0.25, 0.3) is 12.2 Å². The second kappa shape index (κ2) is 4.07. The first-order valence-corrected chi connectivity index (χ1v) is 5.12. The average Bonchev–Trinajstić information content (AvgIpc) is 2.86. The fraction of sp³-hybridized carbons (Fsp3) is 0. The topological polar surface area (TPSA) is 32.9 Å². The highest BCUT2D eigenvalue weighted by atomic mass is 32.1. The zero-order valence-electron chi connectivity index (χ0n) is 7.44. The molecular weight excluding hydrogens is 194 g/mol. The van der Waals surface area contributed by atoms with E-state index in [1.807, 2.05) is 35.7 Å². The van der Waals surface area contributed by atoms with E-state index in [1.54, 1.807) is 17.4 Å². The molecule has 0 aliphatic heterocycles. The molecule has 2 aromatic rings. The number of thiophene rings is 1. The minimum absolute atomic E-state index is 0.607. The summed E-state index contributed by atoms with van der Waals surface area (Å²) in [6.45, 7) is 0. The van der Waals surface area contributed by atoms with Crippen LogP contribution in [-0.4, -0.2) is 11.3 Å². The molecule has 1 N–H and O–H groups in total. The standard InChI is InChI=1S/C11H9NOS/c13-8-10-4-3-9(12-10)5-6-11-2-1-7-14-11/h1-8,12H. The summed E-state index contributed by atoms with van der Waals surface area (Å²) in [5.41, 5.74) is 1.55. The summed E-state index contributed by atoms with van der Waals surface area (Å²) in [6, 6.07) is 7.70. The van der Waals surface area contributed by atoms with E-state index in [0.717, 1.165) is 12.0 Å². The van der Waals surface area contributed by atoms with E-state index < -0.39 is 0 Å². The number of carbonyl (C=O) groups is 1. The number of H-pyrrole nitrogens is 1. The second-order valence-corrected chi connectivity index (χ2v) is 3.81. The van der Waals surface area contributed by atoms with Crippen LogP contribution in [0.3, 0.4) is 0 Å². The molecule has 0 spiro atoms. The molecule has 2 rings (SSSR count). The van der Waals surface area contributed by atoms with Crippen molar-refractivity contribution >= 4 is 29.8 Å². The van der Waals surface area contributed by atoms with E-state index in [1.165, 1.54) is 4.88 Å². The minimum atomic E-state index is 0.607. The highest BCUT2D eigenvalue weighted by Gasteiger charge is 1.93. The van der Waals surface area contributed by atoms with Crippen LogP contribution < -0.4 is 0 Å². The van der Waals surface area contributed by atoms with Gasteiger partial charge in [-0.2, -0.15) is 0 Å². The quantitative estimate of drug-likeness (QED) is 0.764. The monoisotopic (exact) mass is 203 g/mol. The van der Waals surface area contributed by atoms with Crippen molar-refractivity contribution in [3.05, 3.63) is 45.9 Å². The Morgan fingerprint density at radius 1 is 1.14 bits per heavy atom. The molecule has 70 valence electrons. The molecular formula is C11H9NOS. The number of hydrogen-bond acceptors (Lipinski definition) is 2. The van der Waals surface area contributed by atoms with Gasteiger partial charge >= 0.3 is 0 Å². The van der Waals surface area contributed by atoms with Gasteiger partial charge in [0.1, 0.15) is 0 Å². The van der Waals surface area contributed by atoms with E-state index >= 15 is 0 Å². The number of aromatic nitrogens is 1. The van der Waals surface area contributed by atoms with Crippen LogP contribution in [0.15, 0.2) is 29.6 Å². The highest BCUT2D eigenvalue weighted by Crippen LogP contribution is 2.12. The van der Waals surface area contributed by atoms with Crippen molar-refractivity contribution in [2.24, 2.45) is 0 Å². The van der Waals surface area contributed by atoms with Crippen molar-refractivity contribution in [3.63, 3.8) is 0 Å². The average molecular weight is 203 g/mol. The van der Waals surface area contributed by atoms with Crippen LogP contribution in [-0.2, 0) is 0 Å². The maximum absolute atomic E-state index is 10.4. The van der Waals surface area contributed by atoms with E-state index in [4.69, 9.17) is 0 Å². The molecule has 0 radical (unpaired) electrons. The number of hydrogen-bond donors (Lipinski definition) is 1. The Morgan fingerprint density at radius 2 is 2.00 bits per heavy atom. The van der Waals surface area contributed by atoms with Gasteiger partial charge in [-0.25, -0.2) is 0 Å². The van der Waals surface area contributed by atoms with Gasteiger partial charge in [0.05, 0.1) is 5.69 Å². The van der Waals surface area contributed by atoms with Gasteiger partial charge in [0.25, 0.3) is 0 Å². The third-order valence-electron chi connectivity index (χ3n) is 1.83. The summed E-state index contributed by atoms with van der Waals surface area (Å²) in [5, 5.41) is 2.03. The predicted octanol–water partition coefficient (Wildman–Crippen LogP) is 3.06. The van der Waals surface area contributed by atoms with Crippen molar-refractivity contribution in [2.75, 3.05) is 0 Å². The molecule has 0 bridgehead atoms. The lowest BCUT2D eigenvalue weighted by molar-refractivity contribution is 0.111. The Balaban J connectivity index is 2.14. The van der Waals surface area contributed by atoms with Crippen molar-refractivity contribution in [3.8, 4) is 0 Å². The van der Waals surface area contributed by atoms with E-state index in [-0.39, 0.29) is 0 Å².